The Hall–Kier alpha value is -2.23. The highest BCUT2D eigenvalue weighted by atomic mass is 35.5. The van der Waals surface area contributed by atoms with Gasteiger partial charge in [0.15, 0.2) is 9.75 Å². The number of halogens is 1. The number of benzene rings is 3. The van der Waals surface area contributed by atoms with E-state index < -0.39 is 9.75 Å². The van der Waals surface area contributed by atoms with E-state index in [0.29, 0.717) is 0 Å². The van der Waals surface area contributed by atoms with Gasteiger partial charge in [0.2, 0.25) is 0 Å². The maximum atomic E-state index is 13.4. The van der Waals surface area contributed by atoms with Crippen LogP contribution < -0.4 is 4.90 Å². The number of alkyl halides is 1. The van der Waals surface area contributed by atoms with Gasteiger partial charge in [0.25, 0.3) is 5.91 Å². The third kappa shape index (κ3) is 1.82. The molecule has 0 radical (unpaired) electrons. The Morgan fingerprint density at radius 1 is 0.808 bits per heavy atom. The molecular formula is C22H16ClNOS. The average molecular weight is 378 g/mol. The van der Waals surface area contributed by atoms with Crippen LogP contribution in [0, 0.1) is 0 Å². The van der Waals surface area contributed by atoms with Crippen molar-refractivity contribution in [2.75, 3.05) is 4.90 Å². The van der Waals surface area contributed by atoms with Crippen LogP contribution >= 0.6 is 23.4 Å². The molecule has 2 aliphatic heterocycles. The van der Waals surface area contributed by atoms with E-state index in [-0.39, 0.29) is 5.91 Å². The minimum absolute atomic E-state index is 0.0612. The maximum Gasteiger partial charge on any atom is 0.258 e. The summed E-state index contributed by atoms with van der Waals surface area (Å²) in [5, 5.41) is 0. The van der Waals surface area contributed by atoms with Gasteiger partial charge in [-0.1, -0.05) is 90.5 Å². The predicted molar refractivity (Wildman–Crippen MR) is 107 cm³/mol. The largest absolute Gasteiger partial charge is 0.288 e. The van der Waals surface area contributed by atoms with E-state index in [1.165, 1.54) is 5.56 Å². The van der Waals surface area contributed by atoms with E-state index in [4.69, 9.17) is 11.6 Å². The lowest BCUT2D eigenvalue weighted by Crippen LogP contribution is -2.75. The number of fused-ring (bicyclic) bond motifs is 3. The summed E-state index contributed by atoms with van der Waals surface area (Å²) in [7, 11) is 0. The molecule has 0 N–H and O–H groups in total. The minimum atomic E-state index is -1.12. The molecule has 3 aromatic rings. The number of para-hydroxylation sites is 1. The van der Waals surface area contributed by atoms with Crippen LogP contribution in [-0.2, 0) is 20.3 Å². The molecule has 0 aromatic heterocycles. The van der Waals surface area contributed by atoms with Gasteiger partial charge in [0, 0.05) is 11.4 Å². The number of hydrogen-bond donors (Lipinski definition) is 0. The second-order valence-corrected chi connectivity index (χ2v) is 8.33. The third-order valence-electron chi connectivity index (χ3n) is 5.29. The Bertz CT molecular complexity index is 993. The number of carbonyl (C=O) groups is 1. The van der Waals surface area contributed by atoms with E-state index in [1.807, 2.05) is 71.6 Å². The molecule has 2 nitrogen and oxygen atoms in total. The zero-order chi connectivity index (χ0) is 17.8. The van der Waals surface area contributed by atoms with Gasteiger partial charge in [-0.2, -0.15) is 0 Å². The van der Waals surface area contributed by atoms with Crippen LogP contribution in [0.25, 0.3) is 0 Å². The number of thioether (sulfide) groups is 1. The number of β-lactam (4-membered cyclic amide) rings is 1. The van der Waals surface area contributed by atoms with Crippen LogP contribution in [0.4, 0.5) is 5.69 Å². The number of carbonyl (C=O) groups excluding carboxylic acids is 1. The van der Waals surface area contributed by atoms with Crippen LogP contribution in [0.5, 0.6) is 0 Å². The fraction of sp³-hybridized carbons (Fsp3) is 0.136. The second kappa shape index (κ2) is 5.63. The zero-order valence-corrected chi connectivity index (χ0v) is 15.5. The molecule has 2 heterocycles. The van der Waals surface area contributed by atoms with Crippen molar-refractivity contribution in [3.8, 4) is 0 Å². The normalized spacial score (nSPS) is 26.7. The Morgan fingerprint density at radius 2 is 1.38 bits per heavy atom. The summed E-state index contributed by atoms with van der Waals surface area (Å²) in [6.45, 7) is 0. The monoisotopic (exact) mass is 377 g/mol. The first-order valence-corrected chi connectivity index (χ1v) is 9.92. The van der Waals surface area contributed by atoms with Crippen molar-refractivity contribution in [3.05, 3.63) is 102 Å². The van der Waals surface area contributed by atoms with Crippen molar-refractivity contribution in [1.82, 2.24) is 0 Å². The van der Waals surface area contributed by atoms with Crippen molar-refractivity contribution in [1.29, 1.82) is 0 Å². The quantitative estimate of drug-likeness (QED) is 0.448. The maximum absolute atomic E-state index is 13.4. The predicted octanol–water partition coefficient (Wildman–Crippen LogP) is 5.27. The van der Waals surface area contributed by atoms with E-state index in [2.05, 4.69) is 18.2 Å². The summed E-state index contributed by atoms with van der Waals surface area (Å²) in [6.07, 6.45) is 0. The molecule has 1 fully saturated rings. The number of amides is 1. The Morgan fingerprint density at radius 3 is 2.08 bits per heavy atom. The van der Waals surface area contributed by atoms with Gasteiger partial charge >= 0.3 is 0 Å². The van der Waals surface area contributed by atoms with E-state index in [9.17, 15) is 4.79 Å². The lowest BCUT2D eigenvalue weighted by Gasteiger charge is -2.63. The van der Waals surface area contributed by atoms with Crippen molar-refractivity contribution < 1.29 is 4.79 Å². The average Bonchev–Trinajstić information content (AvgIpc) is 2.73. The molecule has 0 bridgehead atoms. The van der Waals surface area contributed by atoms with Gasteiger partial charge in [-0.15, -0.1) is 11.8 Å². The molecule has 0 aliphatic carbocycles. The van der Waals surface area contributed by atoms with Gasteiger partial charge < -0.3 is 0 Å². The summed E-state index contributed by atoms with van der Waals surface area (Å²) in [5.41, 5.74) is 4.04. The van der Waals surface area contributed by atoms with Crippen LogP contribution in [0.2, 0.25) is 0 Å². The van der Waals surface area contributed by atoms with Crippen molar-refractivity contribution in [2.24, 2.45) is 0 Å². The van der Waals surface area contributed by atoms with Gasteiger partial charge in [-0.25, -0.2) is 0 Å². The Kier molecular flexibility index (Phi) is 3.46. The molecule has 2 atom stereocenters. The highest BCUT2D eigenvalue weighted by molar-refractivity contribution is 8.00. The first-order valence-electron chi connectivity index (χ1n) is 8.56. The van der Waals surface area contributed by atoms with Gasteiger partial charge in [0.1, 0.15) is 0 Å². The van der Waals surface area contributed by atoms with Crippen LogP contribution in [-0.4, -0.2) is 5.91 Å². The summed E-state index contributed by atoms with van der Waals surface area (Å²) < 4.78 is 0. The topological polar surface area (TPSA) is 20.3 Å². The smallest absolute Gasteiger partial charge is 0.258 e. The minimum Gasteiger partial charge on any atom is -0.288 e. The number of anilines is 1. The third-order valence-corrected chi connectivity index (χ3v) is 7.65. The standard InChI is InChI=1S/C22H16ClNOS/c23-21(17-10-3-1-4-11-17)20(25)24-19-14-8-7-9-16(19)15-26-22(21,24)18-12-5-2-6-13-18/h1-14H,15H2/t21-,22+/m1/s1. The number of rotatable bonds is 2. The molecule has 26 heavy (non-hydrogen) atoms. The Labute approximate surface area is 161 Å². The van der Waals surface area contributed by atoms with Gasteiger partial charge in [-0.3, -0.25) is 9.69 Å². The molecule has 0 saturated carbocycles. The summed E-state index contributed by atoms with van der Waals surface area (Å²) >= 11 is 8.94. The fourth-order valence-electron chi connectivity index (χ4n) is 4.08. The summed E-state index contributed by atoms with van der Waals surface area (Å²) in [6, 6.07) is 28.0. The van der Waals surface area contributed by atoms with Crippen LogP contribution in [0.1, 0.15) is 16.7 Å². The second-order valence-electron chi connectivity index (χ2n) is 6.59. The van der Waals surface area contributed by atoms with E-state index in [0.717, 1.165) is 22.6 Å². The fourth-order valence-corrected chi connectivity index (χ4v) is 6.28. The molecule has 1 saturated heterocycles. The van der Waals surface area contributed by atoms with Gasteiger partial charge in [0.05, 0.1) is 0 Å². The van der Waals surface area contributed by atoms with Crippen molar-refractivity contribution in [2.45, 2.75) is 15.5 Å². The van der Waals surface area contributed by atoms with Crippen molar-refractivity contribution >= 4 is 35.0 Å². The number of nitrogens with zero attached hydrogens (tertiary/aromatic N) is 1. The molecule has 5 rings (SSSR count). The molecule has 2 aliphatic rings. The van der Waals surface area contributed by atoms with E-state index in [1.54, 1.807) is 11.8 Å². The van der Waals surface area contributed by atoms with Crippen LogP contribution in [0.15, 0.2) is 84.9 Å². The number of hydrogen-bond acceptors (Lipinski definition) is 2. The Balaban J connectivity index is 1.78. The SMILES string of the molecule is O=C1N2c3ccccc3CS[C@@]2(c2ccccc2)[C@@]1(Cl)c1ccccc1. The molecular weight excluding hydrogens is 362 g/mol. The van der Waals surface area contributed by atoms with Crippen LogP contribution in [0.3, 0.4) is 0 Å². The molecule has 1 amide bonds. The summed E-state index contributed by atoms with van der Waals surface area (Å²) in [5.74, 6) is 0.754. The van der Waals surface area contributed by atoms with Gasteiger partial charge in [-0.05, 0) is 22.8 Å². The molecule has 0 unspecified atom stereocenters. The molecule has 0 spiro atoms. The van der Waals surface area contributed by atoms with E-state index >= 15 is 0 Å². The zero-order valence-electron chi connectivity index (χ0n) is 13.9. The first kappa shape index (κ1) is 16.0. The molecule has 3 aromatic carbocycles. The lowest BCUT2D eigenvalue weighted by molar-refractivity contribution is -0.130. The highest BCUT2D eigenvalue weighted by Gasteiger charge is 2.74. The van der Waals surface area contributed by atoms with Crippen molar-refractivity contribution in [3.63, 3.8) is 0 Å². The first-order chi connectivity index (χ1) is 12.7. The lowest BCUT2D eigenvalue weighted by atomic mass is 9.75. The molecule has 4 heteroatoms. The highest BCUT2D eigenvalue weighted by Crippen LogP contribution is 2.68. The summed E-state index contributed by atoms with van der Waals surface area (Å²) in [4.78, 5) is 13.6. The molecule has 128 valence electrons.